The third-order valence-corrected chi connectivity index (χ3v) is 2.03. The molecule has 0 aromatic rings. The molecule has 0 saturated carbocycles. The lowest BCUT2D eigenvalue weighted by atomic mass is 9.97. The van der Waals surface area contributed by atoms with Gasteiger partial charge in [-0.2, -0.15) is 0 Å². The van der Waals surface area contributed by atoms with Crippen molar-refractivity contribution < 1.29 is 9.53 Å². The fraction of sp³-hybridized carbons (Fsp3) is 0.545. The molecule has 0 saturated heterocycles. The first kappa shape index (κ1) is 11.9. The molecule has 0 radical (unpaired) electrons. The van der Waals surface area contributed by atoms with E-state index in [2.05, 4.69) is 13.2 Å². The number of allylic oxidation sites excluding steroid dienone is 1. The molecule has 2 heteroatoms. The molecule has 0 aliphatic heterocycles. The summed E-state index contributed by atoms with van der Waals surface area (Å²) >= 11 is 0. The molecule has 0 unspecified atom stereocenters. The average molecular weight is 182 g/mol. The fourth-order valence-corrected chi connectivity index (χ4v) is 1.06. The molecule has 0 heterocycles. The maximum Gasteiger partial charge on any atom is 0.293 e. The topological polar surface area (TPSA) is 26.3 Å². The van der Waals surface area contributed by atoms with E-state index < -0.39 is 5.60 Å². The Morgan fingerprint density at radius 2 is 2.23 bits per heavy atom. The number of carbonyl (C=O) groups is 1. The molecule has 0 spiro atoms. The summed E-state index contributed by atoms with van der Waals surface area (Å²) in [5.41, 5.74) is 0.634. The lowest BCUT2D eigenvalue weighted by Gasteiger charge is -2.23. The Bertz CT molecular complexity index is 196. The smallest absolute Gasteiger partial charge is 0.293 e. The number of hydrogen-bond acceptors (Lipinski definition) is 2. The zero-order valence-electron chi connectivity index (χ0n) is 8.51. The van der Waals surface area contributed by atoms with Gasteiger partial charge in [0.15, 0.2) is 0 Å². The van der Waals surface area contributed by atoms with Gasteiger partial charge in [-0.1, -0.05) is 12.2 Å². The van der Waals surface area contributed by atoms with Gasteiger partial charge >= 0.3 is 0 Å². The van der Waals surface area contributed by atoms with Crippen LogP contribution >= 0.6 is 0 Å². The first-order chi connectivity index (χ1) is 6.04. The fourth-order valence-electron chi connectivity index (χ4n) is 1.06. The Kier molecular flexibility index (Phi) is 5.12. The molecular formula is C11H18O2. The second kappa shape index (κ2) is 5.57. The zero-order valence-corrected chi connectivity index (χ0v) is 8.51. The van der Waals surface area contributed by atoms with Crippen LogP contribution in [-0.2, 0) is 9.53 Å². The van der Waals surface area contributed by atoms with Crippen LogP contribution in [0.25, 0.3) is 0 Å². The van der Waals surface area contributed by atoms with E-state index in [1.807, 2.05) is 13.8 Å². The van der Waals surface area contributed by atoms with Gasteiger partial charge < -0.3 is 4.74 Å². The average Bonchev–Trinajstić information content (AvgIpc) is 2.04. The predicted molar refractivity (Wildman–Crippen MR) is 54.4 cm³/mol. The van der Waals surface area contributed by atoms with Crippen molar-refractivity contribution in [1.29, 1.82) is 0 Å². The monoisotopic (exact) mass is 182 g/mol. The number of carbonyl (C=O) groups excluding carboxylic acids is 1. The van der Waals surface area contributed by atoms with Gasteiger partial charge in [-0.3, -0.25) is 4.79 Å². The third kappa shape index (κ3) is 5.23. The van der Waals surface area contributed by atoms with Crippen LogP contribution in [0, 0.1) is 0 Å². The second-order valence-corrected chi connectivity index (χ2v) is 3.54. The molecule has 1 atom stereocenters. The first-order valence-electron chi connectivity index (χ1n) is 4.43. The molecule has 0 amide bonds. The molecule has 0 fully saturated rings. The Morgan fingerprint density at radius 1 is 1.62 bits per heavy atom. The van der Waals surface area contributed by atoms with Crippen LogP contribution in [0.1, 0.15) is 33.1 Å². The second-order valence-electron chi connectivity index (χ2n) is 3.54. The largest absolute Gasteiger partial charge is 0.457 e. The third-order valence-electron chi connectivity index (χ3n) is 2.03. The molecule has 2 nitrogen and oxygen atoms in total. The van der Waals surface area contributed by atoms with Crippen molar-refractivity contribution >= 4 is 6.47 Å². The van der Waals surface area contributed by atoms with Crippen molar-refractivity contribution in [3.05, 3.63) is 24.8 Å². The summed E-state index contributed by atoms with van der Waals surface area (Å²) in [4.78, 5) is 10.2. The van der Waals surface area contributed by atoms with Gasteiger partial charge in [-0.25, -0.2) is 0 Å². The van der Waals surface area contributed by atoms with Crippen LogP contribution < -0.4 is 0 Å². The van der Waals surface area contributed by atoms with E-state index in [0.29, 0.717) is 6.47 Å². The van der Waals surface area contributed by atoms with Crippen LogP contribution in [0.2, 0.25) is 0 Å². The van der Waals surface area contributed by atoms with E-state index in [9.17, 15) is 4.79 Å². The molecule has 0 aromatic heterocycles. The molecule has 0 N–H and O–H groups in total. The molecule has 0 bridgehead atoms. The molecular weight excluding hydrogens is 164 g/mol. The summed E-state index contributed by atoms with van der Waals surface area (Å²) in [6, 6.07) is 0. The van der Waals surface area contributed by atoms with Crippen molar-refractivity contribution in [1.82, 2.24) is 0 Å². The van der Waals surface area contributed by atoms with Crippen LogP contribution in [0.4, 0.5) is 0 Å². The lowest BCUT2D eigenvalue weighted by molar-refractivity contribution is -0.138. The summed E-state index contributed by atoms with van der Waals surface area (Å²) in [6.45, 7) is 11.8. The highest BCUT2D eigenvalue weighted by molar-refractivity contribution is 5.39. The lowest BCUT2D eigenvalue weighted by Crippen LogP contribution is -2.24. The molecule has 0 aliphatic carbocycles. The standard InChI is InChI=1S/C11H18O2/c1-5-11(4,13-9-12)8-6-7-10(2)3/h5,9H,1-2,6-8H2,3-4H3/t11-/m1/s1. The predicted octanol–water partition coefficient (Wildman–Crippen LogP) is 2.85. The maximum absolute atomic E-state index is 10.2. The summed E-state index contributed by atoms with van der Waals surface area (Å²) in [5, 5.41) is 0. The van der Waals surface area contributed by atoms with E-state index >= 15 is 0 Å². The number of rotatable bonds is 7. The van der Waals surface area contributed by atoms with Crippen molar-refractivity contribution in [3.8, 4) is 0 Å². The highest BCUT2D eigenvalue weighted by atomic mass is 16.5. The van der Waals surface area contributed by atoms with Crippen LogP contribution in [0.5, 0.6) is 0 Å². The minimum Gasteiger partial charge on any atom is -0.457 e. The van der Waals surface area contributed by atoms with Crippen molar-refractivity contribution in [2.45, 2.75) is 38.7 Å². The summed E-state index contributed by atoms with van der Waals surface area (Å²) in [5.74, 6) is 0. The first-order valence-corrected chi connectivity index (χ1v) is 4.43. The van der Waals surface area contributed by atoms with E-state index in [1.165, 1.54) is 0 Å². The summed E-state index contributed by atoms with van der Waals surface area (Å²) in [7, 11) is 0. The van der Waals surface area contributed by atoms with Gasteiger partial charge in [0, 0.05) is 0 Å². The summed E-state index contributed by atoms with van der Waals surface area (Å²) in [6.07, 6.45) is 4.39. The minimum absolute atomic E-state index is 0.475. The molecule has 13 heavy (non-hydrogen) atoms. The van der Waals surface area contributed by atoms with Crippen molar-refractivity contribution in [2.75, 3.05) is 0 Å². The van der Waals surface area contributed by atoms with Gasteiger partial charge in [-0.15, -0.1) is 6.58 Å². The van der Waals surface area contributed by atoms with Gasteiger partial charge in [0.05, 0.1) is 0 Å². The van der Waals surface area contributed by atoms with Gasteiger partial charge in [0.2, 0.25) is 0 Å². The van der Waals surface area contributed by atoms with Gasteiger partial charge in [0.25, 0.3) is 6.47 Å². The van der Waals surface area contributed by atoms with Crippen LogP contribution in [0.3, 0.4) is 0 Å². The molecule has 0 rings (SSSR count). The van der Waals surface area contributed by atoms with Crippen LogP contribution in [-0.4, -0.2) is 12.1 Å². The zero-order chi connectivity index (χ0) is 10.3. The minimum atomic E-state index is -0.517. The molecule has 0 aliphatic rings. The maximum atomic E-state index is 10.2. The quantitative estimate of drug-likeness (QED) is 0.447. The van der Waals surface area contributed by atoms with Crippen molar-refractivity contribution in [3.63, 3.8) is 0 Å². The Labute approximate surface area is 80.3 Å². The normalized spacial score (nSPS) is 14.3. The highest BCUT2D eigenvalue weighted by Crippen LogP contribution is 2.20. The Balaban J connectivity index is 3.89. The van der Waals surface area contributed by atoms with Gasteiger partial charge in [-0.05, 0) is 39.2 Å². The van der Waals surface area contributed by atoms with E-state index in [-0.39, 0.29) is 0 Å². The van der Waals surface area contributed by atoms with E-state index in [1.54, 1.807) is 6.08 Å². The van der Waals surface area contributed by atoms with E-state index in [4.69, 9.17) is 4.74 Å². The number of ether oxygens (including phenoxy) is 1. The van der Waals surface area contributed by atoms with Crippen LogP contribution in [0.15, 0.2) is 24.8 Å². The van der Waals surface area contributed by atoms with Gasteiger partial charge in [0.1, 0.15) is 5.60 Å². The van der Waals surface area contributed by atoms with E-state index in [0.717, 1.165) is 24.8 Å². The van der Waals surface area contributed by atoms with Crippen molar-refractivity contribution in [2.24, 2.45) is 0 Å². The SMILES string of the molecule is C=C[C@](C)(CCCC(=C)C)OC=O. The number of hydrogen-bond donors (Lipinski definition) is 0. The summed E-state index contributed by atoms with van der Waals surface area (Å²) < 4.78 is 4.93. The highest BCUT2D eigenvalue weighted by Gasteiger charge is 2.20. The Morgan fingerprint density at radius 3 is 2.62 bits per heavy atom. The molecule has 74 valence electrons. The molecule has 0 aromatic carbocycles. The Hall–Kier alpha value is -1.05.